The highest BCUT2D eigenvalue weighted by Gasteiger charge is 2.00. The fourth-order valence-corrected chi connectivity index (χ4v) is 0.793. The molecule has 0 aromatic heterocycles. The fourth-order valence-electron chi connectivity index (χ4n) is 0.793. The van der Waals surface area contributed by atoms with Gasteiger partial charge in [-0.05, 0) is 31.4 Å². The molecule has 1 N–H and O–H groups in total. The summed E-state index contributed by atoms with van der Waals surface area (Å²) in [7, 11) is 0. The lowest BCUT2D eigenvalue weighted by atomic mass is 10.0. The third-order valence-electron chi connectivity index (χ3n) is 1.73. The van der Waals surface area contributed by atoms with Gasteiger partial charge >= 0.3 is 0 Å². The first-order chi connectivity index (χ1) is 5.63. The average Bonchev–Trinajstić information content (AvgIpc) is 2.11. The largest absolute Gasteiger partial charge is 0.305 e. The second-order valence-corrected chi connectivity index (χ2v) is 2.69. The Bertz CT molecular complexity index is 231. The Morgan fingerprint density at radius 3 is 2.50 bits per heavy atom. The van der Waals surface area contributed by atoms with Crippen LogP contribution < -0.4 is 0 Å². The van der Waals surface area contributed by atoms with E-state index in [2.05, 4.69) is 6.58 Å². The molecule has 0 saturated heterocycles. The summed E-state index contributed by atoms with van der Waals surface area (Å²) in [5.41, 5.74) is 2.53. The van der Waals surface area contributed by atoms with Gasteiger partial charge in [0.05, 0.1) is 0 Å². The normalized spacial score (nSPS) is 12.1. The number of allylic oxidation sites excluding steroid dienone is 5. The van der Waals surface area contributed by atoms with Crippen LogP contribution in [0.25, 0.3) is 0 Å². The third-order valence-corrected chi connectivity index (χ3v) is 1.73. The minimum absolute atomic E-state index is 0.619. The van der Waals surface area contributed by atoms with Crippen molar-refractivity contribution in [3.8, 4) is 0 Å². The highest BCUT2D eigenvalue weighted by atomic mass is 14.4. The van der Waals surface area contributed by atoms with Crippen LogP contribution in [0.5, 0.6) is 0 Å². The maximum atomic E-state index is 7.54. The van der Waals surface area contributed by atoms with Crippen molar-refractivity contribution in [1.29, 1.82) is 5.41 Å². The number of hydrogen-bond acceptors (Lipinski definition) is 1. The summed E-state index contributed by atoms with van der Waals surface area (Å²) in [6.45, 7) is 9.77. The molecule has 0 aliphatic heterocycles. The molecule has 0 saturated carbocycles. The van der Waals surface area contributed by atoms with Crippen LogP contribution in [0.3, 0.4) is 0 Å². The zero-order valence-electron chi connectivity index (χ0n) is 8.15. The van der Waals surface area contributed by atoms with Gasteiger partial charge < -0.3 is 5.41 Å². The van der Waals surface area contributed by atoms with E-state index in [1.54, 1.807) is 0 Å². The maximum Gasteiger partial charge on any atom is 0.0380 e. The maximum absolute atomic E-state index is 7.54. The molecule has 0 unspecified atom stereocenters. The van der Waals surface area contributed by atoms with E-state index in [0.717, 1.165) is 17.6 Å². The number of nitrogens with one attached hydrogen (secondary N) is 1. The van der Waals surface area contributed by atoms with Gasteiger partial charge in [0.15, 0.2) is 0 Å². The molecule has 0 fully saturated rings. The minimum atomic E-state index is 0.619. The minimum Gasteiger partial charge on any atom is -0.305 e. The van der Waals surface area contributed by atoms with Crippen molar-refractivity contribution >= 4 is 5.71 Å². The van der Waals surface area contributed by atoms with Crippen LogP contribution >= 0.6 is 0 Å². The summed E-state index contributed by atoms with van der Waals surface area (Å²) in [4.78, 5) is 0. The Balaban J connectivity index is 4.39. The molecule has 0 amide bonds. The molecule has 0 aliphatic rings. The topological polar surface area (TPSA) is 23.9 Å². The molecule has 0 atom stereocenters. The van der Waals surface area contributed by atoms with Gasteiger partial charge in [-0.2, -0.15) is 0 Å². The van der Waals surface area contributed by atoms with Crippen LogP contribution in [0.1, 0.15) is 27.2 Å². The van der Waals surface area contributed by atoms with Crippen molar-refractivity contribution < 1.29 is 0 Å². The molecule has 1 heteroatoms. The van der Waals surface area contributed by atoms with Gasteiger partial charge in [-0.1, -0.05) is 31.7 Å². The summed E-state index contributed by atoms with van der Waals surface area (Å²) >= 11 is 0. The van der Waals surface area contributed by atoms with Gasteiger partial charge in [0.1, 0.15) is 0 Å². The van der Waals surface area contributed by atoms with Gasteiger partial charge in [0.25, 0.3) is 0 Å². The predicted octanol–water partition coefficient (Wildman–Crippen LogP) is 3.49. The van der Waals surface area contributed by atoms with E-state index in [1.165, 1.54) is 0 Å². The van der Waals surface area contributed by atoms with Gasteiger partial charge in [0.2, 0.25) is 0 Å². The van der Waals surface area contributed by atoms with E-state index in [4.69, 9.17) is 5.41 Å². The molecule has 0 aliphatic carbocycles. The Kier molecular flexibility index (Phi) is 5.02. The summed E-state index contributed by atoms with van der Waals surface area (Å²) in [5, 5.41) is 7.54. The zero-order valence-corrected chi connectivity index (χ0v) is 8.15. The first-order valence-electron chi connectivity index (χ1n) is 4.20. The molecule has 0 rings (SSSR count). The highest BCUT2D eigenvalue weighted by Crippen LogP contribution is 2.09. The van der Waals surface area contributed by atoms with E-state index >= 15 is 0 Å². The van der Waals surface area contributed by atoms with Crippen molar-refractivity contribution in [1.82, 2.24) is 0 Å². The molecule has 0 heterocycles. The van der Waals surface area contributed by atoms with Crippen molar-refractivity contribution in [3.05, 3.63) is 36.0 Å². The van der Waals surface area contributed by atoms with Crippen molar-refractivity contribution in [3.63, 3.8) is 0 Å². The molecule has 12 heavy (non-hydrogen) atoms. The highest BCUT2D eigenvalue weighted by molar-refractivity contribution is 6.00. The Labute approximate surface area is 75.0 Å². The van der Waals surface area contributed by atoms with Crippen LogP contribution in [0.2, 0.25) is 0 Å². The summed E-state index contributed by atoms with van der Waals surface area (Å²) in [5.74, 6) is 0. The van der Waals surface area contributed by atoms with Crippen molar-refractivity contribution in [2.45, 2.75) is 27.2 Å². The number of rotatable bonds is 4. The molecular weight excluding hydrogens is 146 g/mol. The summed E-state index contributed by atoms with van der Waals surface area (Å²) in [6.07, 6.45) is 6.65. The predicted molar refractivity (Wildman–Crippen MR) is 55.7 cm³/mol. The lowest BCUT2D eigenvalue weighted by molar-refractivity contribution is 1.23. The molecule has 0 aromatic rings. The van der Waals surface area contributed by atoms with E-state index in [1.807, 2.05) is 39.0 Å². The lowest BCUT2D eigenvalue weighted by Gasteiger charge is -2.04. The van der Waals surface area contributed by atoms with Gasteiger partial charge in [-0.25, -0.2) is 0 Å². The second kappa shape index (κ2) is 5.53. The molecule has 0 bridgehead atoms. The van der Waals surface area contributed by atoms with Crippen LogP contribution in [0.4, 0.5) is 0 Å². The molecule has 0 radical (unpaired) electrons. The van der Waals surface area contributed by atoms with E-state index in [0.29, 0.717) is 5.71 Å². The number of hydrogen-bond donors (Lipinski definition) is 1. The van der Waals surface area contributed by atoms with Gasteiger partial charge in [-0.15, -0.1) is 0 Å². The smallest absolute Gasteiger partial charge is 0.0380 e. The molecule has 0 aromatic carbocycles. The Hall–Kier alpha value is -1.11. The third kappa shape index (κ3) is 3.33. The standard InChI is InChI=1S/C11H17N/c1-5-7-8-9(3)10(4)11(12)6-2/h5,7-8,12H,4,6H2,1-3H3/b7-5-,9-8-,12-11?. The monoisotopic (exact) mass is 163 g/mol. The first kappa shape index (κ1) is 10.9. The van der Waals surface area contributed by atoms with Crippen LogP contribution in [0, 0.1) is 5.41 Å². The van der Waals surface area contributed by atoms with Crippen molar-refractivity contribution in [2.75, 3.05) is 0 Å². The lowest BCUT2D eigenvalue weighted by Crippen LogP contribution is -1.98. The Morgan fingerprint density at radius 2 is 2.08 bits per heavy atom. The van der Waals surface area contributed by atoms with Crippen LogP contribution in [-0.4, -0.2) is 5.71 Å². The van der Waals surface area contributed by atoms with Crippen molar-refractivity contribution in [2.24, 2.45) is 0 Å². The molecule has 66 valence electrons. The quantitative estimate of drug-likeness (QED) is 0.484. The Morgan fingerprint density at radius 1 is 1.50 bits per heavy atom. The molecular formula is C11H17N. The summed E-state index contributed by atoms with van der Waals surface area (Å²) in [6, 6.07) is 0. The molecule has 1 nitrogen and oxygen atoms in total. The van der Waals surface area contributed by atoms with E-state index in [9.17, 15) is 0 Å². The fraction of sp³-hybridized carbons (Fsp3) is 0.364. The second-order valence-electron chi connectivity index (χ2n) is 2.69. The van der Waals surface area contributed by atoms with Gasteiger partial charge in [-0.3, -0.25) is 0 Å². The van der Waals surface area contributed by atoms with Crippen LogP contribution in [-0.2, 0) is 0 Å². The average molecular weight is 163 g/mol. The first-order valence-corrected chi connectivity index (χ1v) is 4.20. The summed E-state index contributed by atoms with van der Waals surface area (Å²) < 4.78 is 0. The van der Waals surface area contributed by atoms with Crippen LogP contribution in [0.15, 0.2) is 36.0 Å². The van der Waals surface area contributed by atoms with Gasteiger partial charge in [0, 0.05) is 5.71 Å². The zero-order chi connectivity index (χ0) is 9.56. The van der Waals surface area contributed by atoms with E-state index in [-0.39, 0.29) is 0 Å². The SMILES string of the molecule is C=C(C(=N)CC)/C(C)=C\C=C/C. The van der Waals surface area contributed by atoms with E-state index < -0.39 is 0 Å². The molecule has 0 spiro atoms.